The van der Waals surface area contributed by atoms with E-state index in [1.165, 1.54) is 11.2 Å². The zero-order valence-electron chi connectivity index (χ0n) is 18.7. The van der Waals surface area contributed by atoms with Crippen LogP contribution in [0.2, 0.25) is 0 Å². The Morgan fingerprint density at radius 3 is 2.44 bits per heavy atom. The molecule has 2 heterocycles. The number of rotatable bonds is 4. The van der Waals surface area contributed by atoms with Gasteiger partial charge in [-0.15, -0.1) is 0 Å². The normalized spacial score (nSPS) is 19.6. The highest BCUT2D eigenvalue weighted by atomic mass is 32.2. The first kappa shape index (κ1) is 22.5. The summed E-state index contributed by atoms with van der Waals surface area (Å²) in [6.07, 6.45) is 1.60. The van der Waals surface area contributed by atoms with E-state index in [-0.39, 0.29) is 28.7 Å². The fraction of sp³-hybridized carbons (Fsp3) is 0.417. The molecule has 1 atom stereocenters. The maximum Gasteiger partial charge on any atom is 0.243 e. The lowest BCUT2D eigenvalue weighted by atomic mass is 9.97. The highest BCUT2D eigenvalue weighted by Gasteiger charge is 2.34. The number of anilines is 2. The molecule has 1 N–H and O–H groups in total. The van der Waals surface area contributed by atoms with Crippen molar-refractivity contribution in [3.05, 3.63) is 53.6 Å². The number of fused-ring (bicyclic) bond motifs is 1. The van der Waals surface area contributed by atoms with E-state index in [4.69, 9.17) is 0 Å². The Hall–Kier alpha value is -2.71. The number of hydrogen-bond donors (Lipinski definition) is 1. The third kappa shape index (κ3) is 4.29. The fourth-order valence-electron chi connectivity index (χ4n) is 4.72. The van der Waals surface area contributed by atoms with Crippen LogP contribution in [0.1, 0.15) is 37.8 Å². The van der Waals surface area contributed by atoms with E-state index in [1.54, 1.807) is 23.1 Å². The zero-order chi connectivity index (χ0) is 23.0. The Morgan fingerprint density at radius 1 is 1.06 bits per heavy atom. The summed E-state index contributed by atoms with van der Waals surface area (Å²) in [5, 5.41) is 2.94. The summed E-state index contributed by atoms with van der Waals surface area (Å²) in [5.41, 5.74) is 3.49. The number of nitrogens with zero attached hydrogens (tertiary/aromatic N) is 2. The van der Waals surface area contributed by atoms with Crippen LogP contribution in [-0.2, 0) is 26.0 Å². The van der Waals surface area contributed by atoms with Gasteiger partial charge in [0.15, 0.2) is 0 Å². The SMILES string of the molecule is CC(=O)N1c2ccc(S(=O)(=O)N3CCC(C(=O)Nc4cccc(C)c4)CC3)cc2C[C@@H]1C. The topological polar surface area (TPSA) is 86.8 Å². The summed E-state index contributed by atoms with van der Waals surface area (Å²) in [6.45, 7) is 6.07. The second-order valence-corrected chi connectivity index (χ2v) is 10.7. The number of benzene rings is 2. The third-order valence-electron chi connectivity index (χ3n) is 6.35. The predicted molar refractivity (Wildman–Crippen MR) is 124 cm³/mol. The Kier molecular flexibility index (Phi) is 6.09. The molecule has 1 saturated heterocycles. The van der Waals surface area contributed by atoms with Crippen molar-refractivity contribution in [3.63, 3.8) is 0 Å². The van der Waals surface area contributed by atoms with Gasteiger partial charge >= 0.3 is 0 Å². The first-order chi connectivity index (χ1) is 15.2. The lowest BCUT2D eigenvalue weighted by Gasteiger charge is -2.30. The van der Waals surface area contributed by atoms with E-state index in [1.807, 2.05) is 38.1 Å². The van der Waals surface area contributed by atoms with Crippen molar-refractivity contribution < 1.29 is 18.0 Å². The zero-order valence-corrected chi connectivity index (χ0v) is 19.5. The van der Waals surface area contributed by atoms with Gasteiger partial charge < -0.3 is 10.2 Å². The second kappa shape index (κ2) is 8.67. The van der Waals surface area contributed by atoms with Crippen molar-refractivity contribution in [1.82, 2.24) is 4.31 Å². The molecule has 2 aromatic rings. The molecule has 0 spiro atoms. The van der Waals surface area contributed by atoms with Crippen LogP contribution in [0.15, 0.2) is 47.4 Å². The molecule has 0 radical (unpaired) electrons. The van der Waals surface area contributed by atoms with Crippen LogP contribution in [-0.4, -0.2) is 43.7 Å². The maximum atomic E-state index is 13.2. The largest absolute Gasteiger partial charge is 0.326 e. The Morgan fingerprint density at radius 2 is 1.78 bits per heavy atom. The van der Waals surface area contributed by atoms with Gasteiger partial charge in [-0.25, -0.2) is 8.42 Å². The minimum absolute atomic E-state index is 0.0168. The summed E-state index contributed by atoms with van der Waals surface area (Å²) in [4.78, 5) is 26.5. The average Bonchev–Trinajstić information content (AvgIpc) is 3.09. The number of nitrogens with one attached hydrogen (secondary N) is 1. The van der Waals surface area contributed by atoms with Gasteiger partial charge in [-0.3, -0.25) is 9.59 Å². The van der Waals surface area contributed by atoms with Crippen LogP contribution >= 0.6 is 0 Å². The maximum absolute atomic E-state index is 13.2. The summed E-state index contributed by atoms with van der Waals surface area (Å²) in [5.74, 6) is -0.326. The smallest absolute Gasteiger partial charge is 0.243 e. The molecule has 0 aliphatic carbocycles. The molecule has 0 unspecified atom stereocenters. The molecule has 2 aliphatic rings. The van der Waals surface area contributed by atoms with E-state index in [0.717, 1.165) is 22.5 Å². The second-order valence-electron chi connectivity index (χ2n) is 8.77. The fourth-order valence-corrected chi connectivity index (χ4v) is 6.24. The molecule has 7 nitrogen and oxygen atoms in total. The van der Waals surface area contributed by atoms with Gasteiger partial charge in [-0.1, -0.05) is 12.1 Å². The molecule has 2 aromatic carbocycles. The summed E-state index contributed by atoms with van der Waals surface area (Å²) in [7, 11) is -3.65. The first-order valence-corrected chi connectivity index (χ1v) is 12.4. The van der Waals surface area contributed by atoms with Crippen molar-refractivity contribution in [3.8, 4) is 0 Å². The van der Waals surface area contributed by atoms with Gasteiger partial charge in [0.1, 0.15) is 0 Å². The molecule has 0 aromatic heterocycles. The van der Waals surface area contributed by atoms with E-state index in [9.17, 15) is 18.0 Å². The van der Waals surface area contributed by atoms with Crippen LogP contribution < -0.4 is 10.2 Å². The van der Waals surface area contributed by atoms with Crippen LogP contribution in [0.4, 0.5) is 11.4 Å². The lowest BCUT2D eigenvalue weighted by Crippen LogP contribution is -2.41. The average molecular weight is 456 g/mol. The van der Waals surface area contributed by atoms with Gasteiger partial charge in [-0.2, -0.15) is 4.31 Å². The summed E-state index contributed by atoms with van der Waals surface area (Å²) < 4.78 is 27.9. The minimum Gasteiger partial charge on any atom is -0.326 e. The van der Waals surface area contributed by atoms with Crippen molar-refractivity contribution in [2.45, 2.75) is 51.0 Å². The number of sulfonamides is 1. The van der Waals surface area contributed by atoms with Gasteiger partial charge in [0, 0.05) is 43.3 Å². The van der Waals surface area contributed by atoms with E-state index in [0.29, 0.717) is 32.4 Å². The molecule has 0 bridgehead atoms. The van der Waals surface area contributed by atoms with Crippen LogP contribution in [0, 0.1) is 12.8 Å². The van der Waals surface area contributed by atoms with E-state index >= 15 is 0 Å². The molecular weight excluding hydrogens is 426 g/mol. The molecule has 170 valence electrons. The van der Waals surface area contributed by atoms with Crippen LogP contribution in [0.5, 0.6) is 0 Å². The Labute approximate surface area is 189 Å². The number of carbonyl (C=O) groups is 2. The lowest BCUT2D eigenvalue weighted by molar-refractivity contribution is -0.121. The van der Waals surface area contributed by atoms with Gasteiger partial charge in [0.2, 0.25) is 21.8 Å². The molecule has 0 saturated carbocycles. The summed E-state index contributed by atoms with van der Waals surface area (Å²) in [6, 6.07) is 12.7. The molecule has 32 heavy (non-hydrogen) atoms. The van der Waals surface area contributed by atoms with Gasteiger partial charge in [0.05, 0.1) is 4.90 Å². The standard InChI is InChI=1S/C24H29N3O4S/c1-16-5-4-6-21(13-16)25-24(29)19-9-11-26(12-10-19)32(30,31)22-7-8-23-20(15-22)14-17(2)27(23)18(3)28/h4-8,13,15,17,19H,9-12,14H2,1-3H3,(H,25,29)/t17-/m0/s1. The van der Waals surface area contributed by atoms with Gasteiger partial charge in [-0.05, 0) is 74.6 Å². The van der Waals surface area contributed by atoms with Crippen LogP contribution in [0.3, 0.4) is 0 Å². The number of amides is 2. The first-order valence-electron chi connectivity index (χ1n) is 11.0. The van der Waals surface area contributed by atoms with Crippen molar-refractivity contribution in [1.29, 1.82) is 0 Å². The third-order valence-corrected chi connectivity index (χ3v) is 8.25. The number of hydrogen-bond acceptors (Lipinski definition) is 4. The van der Waals surface area contributed by atoms with Crippen molar-refractivity contribution in [2.75, 3.05) is 23.3 Å². The quantitative estimate of drug-likeness (QED) is 0.766. The minimum atomic E-state index is -3.65. The molecule has 2 amide bonds. The molecule has 2 aliphatic heterocycles. The molecular formula is C24H29N3O4S. The Balaban J connectivity index is 1.43. The highest BCUT2D eigenvalue weighted by molar-refractivity contribution is 7.89. The molecule has 4 rings (SSSR count). The monoisotopic (exact) mass is 455 g/mol. The highest BCUT2D eigenvalue weighted by Crippen LogP contribution is 2.35. The Bertz CT molecular complexity index is 1150. The predicted octanol–water partition coefficient (Wildman–Crippen LogP) is 3.33. The molecule has 1 fully saturated rings. The molecule has 8 heteroatoms. The van der Waals surface area contributed by atoms with Crippen LogP contribution in [0.25, 0.3) is 0 Å². The van der Waals surface area contributed by atoms with Gasteiger partial charge in [0.25, 0.3) is 0 Å². The van der Waals surface area contributed by atoms with Crippen molar-refractivity contribution >= 4 is 33.2 Å². The van der Waals surface area contributed by atoms with Crippen molar-refractivity contribution in [2.24, 2.45) is 5.92 Å². The number of aryl methyl sites for hydroxylation is 1. The van der Waals surface area contributed by atoms with E-state index in [2.05, 4.69) is 5.32 Å². The number of carbonyl (C=O) groups excluding carboxylic acids is 2. The van der Waals surface area contributed by atoms with E-state index < -0.39 is 10.0 Å². The summed E-state index contributed by atoms with van der Waals surface area (Å²) >= 11 is 0. The number of piperidine rings is 1.